The summed E-state index contributed by atoms with van der Waals surface area (Å²) in [6, 6.07) is 4.73. The van der Waals surface area contributed by atoms with Gasteiger partial charge in [0.2, 0.25) is 5.78 Å². The molecular formula is C25H37NO7. The molecule has 33 heavy (non-hydrogen) atoms. The number of methoxy groups -OCH3 is 2. The van der Waals surface area contributed by atoms with Gasteiger partial charge < -0.3 is 24.2 Å². The highest BCUT2D eigenvalue weighted by atomic mass is 16.6. The summed E-state index contributed by atoms with van der Waals surface area (Å²) in [5.41, 5.74) is 0.166. The number of aliphatic hydroxyl groups is 1. The monoisotopic (exact) mass is 463 g/mol. The van der Waals surface area contributed by atoms with Crippen LogP contribution in [0.2, 0.25) is 0 Å². The van der Waals surface area contributed by atoms with Gasteiger partial charge in [-0.1, -0.05) is 26.8 Å². The predicted octanol–water partition coefficient (Wildman–Crippen LogP) is 2.93. The lowest BCUT2D eigenvalue weighted by atomic mass is 9.84. The average Bonchev–Trinajstić information content (AvgIpc) is 2.84. The number of benzene rings is 1. The highest BCUT2D eigenvalue weighted by Crippen LogP contribution is 2.29. The normalized spacial score (nSPS) is 17.3. The first kappa shape index (κ1) is 26.6. The third kappa shape index (κ3) is 6.69. The van der Waals surface area contributed by atoms with Crippen LogP contribution in [0.3, 0.4) is 0 Å². The first-order valence-electron chi connectivity index (χ1n) is 11.6. The molecule has 1 saturated heterocycles. The second-order valence-corrected chi connectivity index (χ2v) is 9.05. The molecular weight excluding hydrogens is 426 g/mol. The van der Waals surface area contributed by atoms with E-state index < -0.39 is 35.2 Å². The number of ketones is 1. The van der Waals surface area contributed by atoms with E-state index in [9.17, 15) is 19.5 Å². The molecule has 8 heteroatoms. The summed E-state index contributed by atoms with van der Waals surface area (Å²) in [5.74, 6) is -0.472. The molecule has 1 N–H and O–H groups in total. The molecule has 0 saturated carbocycles. The number of rotatable bonds is 11. The van der Waals surface area contributed by atoms with E-state index in [-0.39, 0.29) is 6.61 Å². The number of ether oxygens (including phenoxy) is 3. The van der Waals surface area contributed by atoms with Crippen molar-refractivity contribution in [3.05, 3.63) is 23.8 Å². The molecule has 0 radical (unpaired) electrons. The van der Waals surface area contributed by atoms with Crippen LogP contribution in [0.25, 0.3) is 0 Å². The van der Waals surface area contributed by atoms with Crippen LogP contribution in [0, 0.1) is 5.41 Å². The van der Waals surface area contributed by atoms with E-state index in [1.165, 1.54) is 4.90 Å². The van der Waals surface area contributed by atoms with Gasteiger partial charge in [-0.15, -0.1) is 0 Å². The van der Waals surface area contributed by atoms with Crippen LogP contribution in [0.15, 0.2) is 18.2 Å². The van der Waals surface area contributed by atoms with Crippen LogP contribution in [0.4, 0.5) is 0 Å². The summed E-state index contributed by atoms with van der Waals surface area (Å²) < 4.78 is 16.1. The molecule has 1 aliphatic heterocycles. The fraction of sp³-hybridized carbons (Fsp3) is 0.640. The number of hydrogen-bond donors (Lipinski definition) is 1. The maximum Gasteiger partial charge on any atom is 0.329 e. The number of piperidine rings is 1. The van der Waals surface area contributed by atoms with E-state index in [2.05, 4.69) is 0 Å². The van der Waals surface area contributed by atoms with Crippen LogP contribution < -0.4 is 9.47 Å². The maximum atomic E-state index is 12.9. The minimum atomic E-state index is -0.807. The van der Waals surface area contributed by atoms with Gasteiger partial charge in [-0.05, 0) is 56.2 Å². The smallest absolute Gasteiger partial charge is 0.329 e. The Morgan fingerprint density at radius 2 is 1.85 bits per heavy atom. The number of nitrogens with zero attached hydrogens (tertiary/aromatic N) is 1. The Hall–Kier alpha value is -2.61. The topological polar surface area (TPSA) is 102 Å². The molecule has 0 bridgehead atoms. The Morgan fingerprint density at radius 3 is 2.45 bits per heavy atom. The molecule has 2 rings (SSSR count). The lowest BCUT2D eigenvalue weighted by Gasteiger charge is -2.36. The van der Waals surface area contributed by atoms with Crippen molar-refractivity contribution >= 4 is 17.7 Å². The van der Waals surface area contributed by atoms with Gasteiger partial charge in [0.25, 0.3) is 5.91 Å². The van der Waals surface area contributed by atoms with E-state index in [0.717, 1.165) is 18.4 Å². The van der Waals surface area contributed by atoms with Crippen molar-refractivity contribution in [2.24, 2.45) is 5.41 Å². The molecule has 1 fully saturated rings. The Balaban J connectivity index is 2.04. The molecule has 0 unspecified atom stereocenters. The predicted molar refractivity (Wildman–Crippen MR) is 123 cm³/mol. The van der Waals surface area contributed by atoms with Crippen molar-refractivity contribution in [3.8, 4) is 11.5 Å². The summed E-state index contributed by atoms with van der Waals surface area (Å²) in [5, 5.41) is 9.78. The first-order valence-corrected chi connectivity index (χ1v) is 11.6. The number of esters is 1. The molecule has 1 heterocycles. The SMILES string of the molecule is CCC(C)(C)C(=O)C(=O)N1CCCC[C@H]1C(=O)O[C@@H](CO)CCc1ccc(OC)c(OC)c1. The van der Waals surface area contributed by atoms with Crippen molar-refractivity contribution in [1.82, 2.24) is 4.90 Å². The second kappa shape index (κ2) is 12.0. The van der Waals surface area contributed by atoms with Gasteiger partial charge >= 0.3 is 5.97 Å². The summed E-state index contributed by atoms with van der Waals surface area (Å²) in [6.07, 6.45) is 2.71. The molecule has 0 aliphatic carbocycles. The quantitative estimate of drug-likeness (QED) is 0.398. The molecule has 0 spiro atoms. The van der Waals surface area contributed by atoms with E-state index in [1.54, 1.807) is 34.1 Å². The lowest BCUT2D eigenvalue weighted by molar-refractivity contribution is -0.165. The molecule has 2 atom stereocenters. The largest absolute Gasteiger partial charge is 0.493 e. The highest BCUT2D eigenvalue weighted by Gasteiger charge is 2.41. The highest BCUT2D eigenvalue weighted by molar-refractivity contribution is 6.38. The lowest BCUT2D eigenvalue weighted by Crippen LogP contribution is -2.53. The van der Waals surface area contributed by atoms with Gasteiger partial charge in [-0.2, -0.15) is 0 Å². The molecule has 1 aliphatic rings. The van der Waals surface area contributed by atoms with Gasteiger partial charge in [-0.3, -0.25) is 9.59 Å². The van der Waals surface area contributed by atoms with Crippen LogP contribution in [0.1, 0.15) is 58.4 Å². The summed E-state index contributed by atoms with van der Waals surface area (Å²) in [6.45, 7) is 5.35. The Bertz CT molecular complexity index is 836. The minimum Gasteiger partial charge on any atom is -0.493 e. The molecule has 1 aromatic rings. The van der Waals surface area contributed by atoms with Crippen molar-refractivity contribution in [3.63, 3.8) is 0 Å². The van der Waals surface area contributed by atoms with E-state index >= 15 is 0 Å². The summed E-state index contributed by atoms with van der Waals surface area (Å²) in [7, 11) is 3.12. The molecule has 184 valence electrons. The van der Waals surface area contributed by atoms with Gasteiger partial charge in [-0.25, -0.2) is 4.79 Å². The first-order chi connectivity index (χ1) is 15.7. The van der Waals surface area contributed by atoms with Crippen molar-refractivity contribution in [2.45, 2.75) is 71.4 Å². The zero-order valence-electron chi connectivity index (χ0n) is 20.4. The van der Waals surface area contributed by atoms with Crippen LogP contribution >= 0.6 is 0 Å². The van der Waals surface area contributed by atoms with Crippen molar-refractivity contribution in [1.29, 1.82) is 0 Å². The Kier molecular flexibility index (Phi) is 9.70. The van der Waals surface area contributed by atoms with E-state index in [1.807, 2.05) is 19.1 Å². The molecule has 1 aromatic carbocycles. The number of aryl methyl sites for hydroxylation is 1. The van der Waals surface area contributed by atoms with Gasteiger partial charge in [0.1, 0.15) is 12.1 Å². The zero-order chi connectivity index (χ0) is 24.6. The van der Waals surface area contributed by atoms with Crippen LogP contribution in [0.5, 0.6) is 11.5 Å². The van der Waals surface area contributed by atoms with E-state index in [0.29, 0.717) is 43.7 Å². The number of amides is 1. The van der Waals surface area contributed by atoms with Crippen LogP contribution in [-0.4, -0.2) is 67.2 Å². The number of hydrogen-bond acceptors (Lipinski definition) is 7. The number of Topliss-reactive ketones (excluding diaryl/α,β-unsaturated/α-hetero) is 1. The number of carbonyl (C=O) groups is 3. The Labute approximate surface area is 196 Å². The number of likely N-dealkylation sites (tertiary alicyclic amines) is 1. The van der Waals surface area contributed by atoms with Gasteiger partial charge in [0.05, 0.1) is 20.8 Å². The third-order valence-corrected chi connectivity index (χ3v) is 6.42. The Morgan fingerprint density at radius 1 is 1.15 bits per heavy atom. The maximum absolute atomic E-state index is 12.9. The van der Waals surface area contributed by atoms with Crippen molar-refractivity contribution < 1.29 is 33.7 Å². The van der Waals surface area contributed by atoms with Crippen molar-refractivity contribution in [2.75, 3.05) is 27.4 Å². The standard InChI is InChI=1S/C25H37NO7/c1-6-25(2,3)22(28)23(29)26-14-8-7-9-19(26)24(30)33-18(16-27)12-10-17-11-13-20(31-4)21(15-17)32-5/h11,13,15,18-19,27H,6-10,12,14,16H2,1-5H3/t18-,19+/m1/s1. The van der Waals surface area contributed by atoms with Gasteiger partial charge in [0, 0.05) is 12.0 Å². The zero-order valence-corrected chi connectivity index (χ0v) is 20.4. The fourth-order valence-electron chi connectivity index (χ4n) is 3.79. The second-order valence-electron chi connectivity index (χ2n) is 9.05. The number of aliphatic hydroxyl groups excluding tert-OH is 1. The molecule has 8 nitrogen and oxygen atoms in total. The average molecular weight is 464 g/mol. The van der Waals surface area contributed by atoms with E-state index in [4.69, 9.17) is 14.2 Å². The fourth-order valence-corrected chi connectivity index (χ4v) is 3.79. The number of carbonyl (C=O) groups excluding carboxylic acids is 3. The third-order valence-electron chi connectivity index (χ3n) is 6.42. The summed E-state index contributed by atoms with van der Waals surface area (Å²) >= 11 is 0. The molecule has 1 amide bonds. The van der Waals surface area contributed by atoms with Crippen LogP contribution in [-0.2, 0) is 25.5 Å². The molecule has 0 aromatic heterocycles. The summed E-state index contributed by atoms with van der Waals surface area (Å²) in [4.78, 5) is 39.9. The van der Waals surface area contributed by atoms with Gasteiger partial charge in [0.15, 0.2) is 11.5 Å². The minimum absolute atomic E-state index is 0.332.